The Morgan fingerprint density at radius 1 is 1.04 bits per heavy atom. The molecular formula is C12H7NO9S. The molecule has 23 heavy (non-hydrogen) atoms. The zero-order valence-electron chi connectivity index (χ0n) is 11.0. The molecule has 0 bridgehead atoms. The maximum atomic E-state index is 11.4. The van der Waals surface area contributed by atoms with E-state index in [-0.39, 0.29) is 5.39 Å². The van der Waals surface area contributed by atoms with Gasteiger partial charge in [0.1, 0.15) is 4.90 Å². The molecule has 11 heteroatoms. The van der Waals surface area contributed by atoms with Gasteiger partial charge in [-0.15, -0.1) is 0 Å². The average molecular weight is 341 g/mol. The van der Waals surface area contributed by atoms with E-state index < -0.39 is 54.1 Å². The SMILES string of the molecule is O=C(O)c1c([N+](=O)[O-])cc2c(S(=O)(=O)O)cccc2c1C(=O)O. The maximum absolute atomic E-state index is 11.4. The summed E-state index contributed by atoms with van der Waals surface area (Å²) in [7, 11) is -4.81. The molecule has 0 atom stereocenters. The van der Waals surface area contributed by atoms with Crippen LogP contribution in [0.2, 0.25) is 0 Å². The smallest absolute Gasteiger partial charge is 0.343 e. The fraction of sp³-hybridized carbons (Fsp3) is 0. The van der Waals surface area contributed by atoms with Crippen molar-refractivity contribution in [3.8, 4) is 0 Å². The van der Waals surface area contributed by atoms with E-state index in [1.54, 1.807) is 0 Å². The summed E-state index contributed by atoms with van der Waals surface area (Å²) in [5, 5.41) is 28.5. The van der Waals surface area contributed by atoms with E-state index in [0.717, 1.165) is 18.2 Å². The number of fused-ring (bicyclic) bond motifs is 1. The molecule has 2 aromatic carbocycles. The minimum atomic E-state index is -4.81. The van der Waals surface area contributed by atoms with Crippen LogP contribution in [0.25, 0.3) is 10.8 Å². The van der Waals surface area contributed by atoms with Crippen molar-refractivity contribution in [1.29, 1.82) is 0 Å². The molecule has 0 amide bonds. The second-order valence-corrected chi connectivity index (χ2v) is 5.73. The van der Waals surface area contributed by atoms with Crippen molar-refractivity contribution in [1.82, 2.24) is 0 Å². The van der Waals surface area contributed by atoms with Gasteiger partial charge in [-0.25, -0.2) is 9.59 Å². The number of rotatable bonds is 4. The quantitative estimate of drug-likeness (QED) is 0.422. The summed E-state index contributed by atoms with van der Waals surface area (Å²) < 4.78 is 31.9. The van der Waals surface area contributed by atoms with Gasteiger partial charge in [-0.05, 0) is 11.5 Å². The third-order valence-electron chi connectivity index (χ3n) is 3.02. The van der Waals surface area contributed by atoms with Crippen LogP contribution in [0.1, 0.15) is 20.7 Å². The van der Waals surface area contributed by atoms with Gasteiger partial charge >= 0.3 is 11.9 Å². The molecule has 3 N–H and O–H groups in total. The van der Waals surface area contributed by atoms with Crippen LogP contribution in [0.5, 0.6) is 0 Å². The van der Waals surface area contributed by atoms with Crippen molar-refractivity contribution < 1.29 is 37.7 Å². The minimum absolute atomic E-state index is 0.365. The molecule has 0 radical (unpaired) electrons. The second kappa shape index (κ2) is 5.30. The summed E-state index contributed by atoms with van der Waals surface area (Å²) in [4.78, 5) is 31.8. The van der Waals surface area contributed by atoms with E-state index >= 15 is 0 Å². The van der Waals surface area contributed by atoms with E-state index in [0.29, 0.717) is 6.07 Å². The van der Waals surface area contributed by atoms with Crippen LogP contribution in [0, 0.1) is 10.1 Å². The second-order valence-electron chi connectivity index (χ2n) is 4.34. The highest BCUT2D eigenvalue weighted by Gasteiger charge is 2.31. The number of nitro groups is 1. The van der Waals surface area contributed by atoms with Crippen LogP contribution < -0.4 is 0 Å². The topological polar surface area (TPSA) is 172 Å². The van der Waals surface area contributed by atoms with Crippen LogP contribution in [0.3, 0.4) is 0 Å². The van der Waals surface area contributed by atoms with E-state index in [9.17, 15) is 33.2 Å². The number of benzene rings is 2. The Hall–Kier alpha value is -3.05. The lowest BCUT2D eigenvalue weighted by Gasteiger charge is -2.10. The standard InChI is InChI=1S/C12H7NO9S/c14-11(15)9-5-2-1-3-8(23(20,21)22)6(5)4-7(13(18)19)10(9)12(16)17/h1-4H,(H,14,15)(H,16,17)(H,20,21,22). The third-order valence-corrected chi connectivity index (χ3v) is 3.94. The lowest BCUT2D eigenvalue weighted by molar-refractivity contribution is -0.385. The van der Waals surface area contributed by atoms with Crippen molar-refractivity contribution in [3.63, 3.8) is 0 Å². The van der Waals surface area contributed by atoms with Crippen LogP contribution in [-0.4, -0.2) is 40.0 Å². The zero-order valence-corrected chi connectivity index (χ0v) is 11.8. The Bertz CT molecular complexity index is 978. The first-order valence-corrected chi connectivity index (χ1v) is 7.18. The summed E-state index contributed by atoms with van der Waals surface area (Å²) in [6.07, 6.45) is 0. The molecule has 0 fully saturated rings. The summed E-state index contributed by atoms with van der Waals surface area (Å²) in [5.74, 6) is -3.64. The molecule has 0 spiro atoms. The van der Waals surface area contributed by atoms with E-state index in [2.05, 4.69) is 0 Å². The lowest BCUT2D eigenvalue weighted by atomic mass is 9.97. The lowest BCUT2D eigenvalue weighted by Crippen LogP contribution is -2.13. The number of hydrogen-bond acceptors (Lipinski definition) is 6. The van der Waals surface area contributed by atoms with Gasteiger partial charge in [0.2, 0.25) is 0 Å². The third kappa shape index (κ3) is 2.69. The predicted octanol–water partition coefficient (Wildman–Crippen LogP) is 1.39. The maximum Gasteiger partial charge on any atom is 0.343 e. The fourth-order valence-electron chi connectivity index (χ4n) is 2.19. The summed E-state index contributed by atoms with van der Waals surface area (Å²) in [6, 6.07) is 3.68. The first kappa shape index (κ1) is 16.3. The van der Waals surface area contributed by atoms with Crippen molar-refractivity contribution in [2.45, 2.75) is 4.90 Å². The molecule has 2 rings (SSSR count). The molecule has 0 aliphatic heterocycles. The molecule has 0 saturated carbocycles. The summed E-state index contributed by atoms with van der Waals surface area (Å²) in [5.41, 5.74) is -3.12. The fourth-order valence-corrected chi connectivity index (χ4v) is 2.89. The van der Waals surface area contributed by atoms with Crippen LogP contribution in [0.4, 0.5) is 5.69 Å². The number of carboxylic acid groups (broad SMARTS) is 2. The number of nitrogens with zero attached hydrogens (tertiary/aromatic N) is 1. The highest BCUT2D eigenvalue weighted by atomic mass is 32.2. The Balaban J connectivity index is 3.19. The molecule has 0 aliphatic carbocycles. The molecular weight excluding hydrogens is 334 g/mol. The number of aromatic carboxylic acids is 2. The number of carboxylic acids is 2. The Labute approximate surface area is 127 Å². The van der Waals surface area contributed by atoms with Gasteiger partial charge in [0.05, 0.1) is 10.5 Å². The molecule has 0 aromatic heterocycles. The highest BCUT2D eigenvalue weighted by molar-refractivity contribution is 7.86. The molecule has 2 aromatic rings. The summed E-state index contributed by atoms with van der Waals surface area (Å²) in [6.45, 7) is 0. The Morgan fingerprint density at radius 2 is 1.61 bits per heavy atom. The first-order valence-electron chi connectivity index (χ1n) is 5.74. The van der Waals surface area contributed by atoms with Crippen molar-refractivity contribution in [3.05, 3.63) is 45.5 Å². The average Bonchev–Trinajstić information content (AvgIpc) is 2.42. The Morgan fingerprint density at radius 3 is 2.04 bits per heavy atom. The number of nitro benzene ring substituents is 1. The zero-order chi connectivity index (χ0) is 17.5. The highest BCUT2D eigenvalue weighted by Crippen LogP contribution is 2.34. The van der Waals surface area contributed by atoms with Gasteiger partial charge < -0.3 is 10.2 Å². The molecule has 0 aliphatic rings. The van der Waals surface area contributed by atoms with Gasteiger partial charge in [0.15, 0.2) is 5.56 Å². The van der Waals surface area contributed by atoms with Gasteiger partial charge in [-0.2, -0.15) is 8.42 Å². The molecule has 120 valence electrons. The Kier molecular flexibility index (Phi) is 3.76. The largest absolute Gasteiger partial charge is 0.478 e. The van der Waals surface area contributed by atoms with Gasteiger partial charge in [-0.1, -0.05) is 12.1 Å². The monoisotopic (exact) mass is 341 g/mol. The normalized spacial score (nSPS) is 11.3. The van der Waals surface area contributed by atoms with Gasteiger partial charge in [0.25, 0.3) is 15.8 Å². The summed E-state index contributed by atoms with van der Waals surface area (Å²) >= 11 is 0. The molecule has 10 nitrogen and oxygen atoms in total. The molecule has 0 unspecified atom stereocenters. The molecule has 0 heterocycles. The van der Waals surface area contributed by atoms with Crippen molar-refractivity contribution in [2.24, 2.45) is 0 Å². The van der Waals surface area contributed by atoms with Crippen LogP contribution >= 0.6 is 0 Å². The van der Waals surface area contributed by atoms with E-state index in [4.69, 9.17) is 9.66 Å². The first-order chi connectivity index (χ1) is 10.6. The van der Waals surface area contributed by atoms with Gasteiger partial charge in [0, 0.05) is 11.5 Å². The predicted molar refractivity (Wildman–Crippen MR) is 74.3 cm³/mol. The minimum Gasteiger partial charge on any atom is -0.478 e. The molecule has 0 saturated heterocycles. The number of carbonyl (C=O) groups is 2. The van der Waals surface area contributed by atoms with Crippen molar-refractivity contribution >= 4 is 38.5 Å². The van der Waals surface area contributed by atoms with Crippen LogP contribution in [0.15, 0.2) is 29.2 Å². The van der Waals surface area contributed by atoms with E-state index in [1.165, 1.54) is 0 Å². The van der Waals surface area contributed by atoms with Gasteiger partial charge in [-0.3, -0.25) is 14.7 Å². The number of hydrogen-bond donors (Lipinski definition) is 3. The van der Waals surface area contributed by atoms with Crippen LogP contribution in [-0.2, 0) is 10.1 Å². The van der Waals surface area contributed by atoms with E-state index in [1.807, 2.05) is 0 Å². The van der Waals surface area contributed by atoms with Crippen molar-refractivity contribution in [2.75, 3.05) is 0 Å².